The lowest BCUT2D eigenvalue weighted by Crippen LogP contribution is -2.74. The molecule has 0 aromatic heterocycles. The predicted octanol–water partition coefficient (Wildman–Crippen LogP) is 6.64. The summed E-state index contributed by atoms with van der Waals surface area (Å²) < 4.78 is 0. The van der Waals surface area contributed by atoms with Crippen LogP contribution in [0.3, 0.4) is 0 Å². The van der Waals surface area contributed by atoms with E-state index < -0.39 is 32.7 Å². The summed E-state index contributed by atoms with van der Waals surface area (Å²) in [5.74, 6) is -0.863. The largest absolute Gasteiger partial charge is 0.381 e. The highest BCUT2D eigenvalue weighted by molar-refractivity contribution is 6.05. The van der Waals surface area contributed by atoms with Crippen molar-refractivity contribution in [2.75, 3.05) is 0 Å². The summed E-state index contributed by atoms with van der Waals surface area (Å²) in [4.78, 5) is 41.7. The first-order chi connectivity index (χ1) is 20.4. The fraction of sp³-hybridized carbons (Fsp3) is 0.632. The van der Waals surface area contributed by atoms with Crippen LogP contribution in [0.2, 0.25) is 0 Å². The van der Waals surface area contributed by atoms with E-state index in [1.165, 1.54) is 0 Å². The molecule has 8 unspecified atom stereocenters. The molecule has 6 heteroatoms. The molecule has 5 aliphatic rings. The van der Waals surface area contributed by atoms with Gasteiger partial charge in [0.2, 0.25) is 5.91 Å². The van der Waals surface area contributed by atoms with E-state index >= 15 is 0 Å². The smallest absolute Gasteiger partial charge is 0.226 e. The van der Waals surface area contributed by atoms with Crippen LogP contribution in [-0.4, -0.2) is 28.2 Å². The first kappa shape index (κ1) is 31.0. The topological polar surface area (TPSA) is 107 Å². The number of nitrogens with one attached hydrogen (secondary N) is 1. The standard InChI is InChI=1S/C38H48N2O4/c1-32(2)26-13-14-36(6)27(35(26,5)20-25(22-39)30(32)42)19-29(41)38(44)28-21-34(4,16-15-33(28,3)17-18-37(36,38)7)31(43)40-23-24-11-9-8-10-12-24/h8-12,19-20,26,28,44H,13-18,21,23H2,1-7H3,(H,40,43). The molecule has 0 bridgehead atoms. The lowest BCUT2D eigenvalue weighted by atomic mass is 9.33. The number of aliphatic hydroxyl groups is 1. The Balaban J connectivity index is 1.42. The van der Waals surface area contributed by atoms with Gasteiger partial charge in [0.1, 0.15) is 11.7 Å². The number of allylic oxidation sites excluding steroid dienone is 3. The summed E-state index contributed by atoms with van der Waals surface area (Å²) in [5.41, 5.74) is -3.15. The van der Waals surface area contributed by atoms with Crippen molar-refractivity contribution < 1.29 is 19.5 Å². The van der Waals surface area contributed by atoms with Crippen LogP contribution in [0.25, 0.3) is 0 Å². The fourth-order valence-corrected chi connectivity index (χ4v) is 11.0. The number of benzene rings is 1. The van der Waals surface area contributed by atoms with E-state index in [2.05, 4.69) is 39.1 Å². The third-order valence-electron chi connectivity index (χ3n) is 14.1. The molecule has 6 nitrogen and oxygen atoms in total. The van der Waals surface area contributed by atoms with Crippen molar-refractivity contribution >= 4 is 17.5 Å². The third kappa shape index (κ3) is 3.77. The van der Waals surface area contributed by atoms with E-state index in [4.69, 9.17) is 0 Å². The second-order valence-electron chi connectivity index (χ2n) is 16.6. The van der Waals surface area contributed by atoms with E-state index in [-0.39, 0.29) is 40.3 Å². The number of hydrogen-bond donors (Lipinski definition) is 2. The average molecular weight is 597 g/mol. The van der Waals surface area contributed by atoms with Crippen molar-refractivity contribution in [2.45, 2.75) is 106 Å². The Kier molecular flexibility index (Phi) is 6.68. The number of amides is 1. The van der Waals surface area contributed by atoms with Gasteiger partial charge in [-0.2, -0.15) is 5.26 Å². The summed E-state index contributed by atoms with van der Waals surface area (Å²) in [6.45, 7) is 14.9. The molecule has 3 saturated carbocycles. The number of Topliss-reactive ketones (excluding diaryl/α,β-unsaturated/α-hetero) is 1. The van der Waals surface area contributed by atoms with E-state index in [1.807, 2.05) is 57.2 Å². The van der Waals surface area contributed by atoms with Crippen LogP contribution in [-0.2, 0) is 20.9 Å². The second kappa shape index (κ2) is 9.49. The Morgan fingerprint density at radius 3 is 2.27 bits per heavy atom. The van der Waals surface area contributed by atoms with E-state index in [1.54, 1.807) is 6.08 Å². The van der Waals surface area contributed by atoms with E-state index in [0.29, 0.717) is 25.8 Å². The lowest BCUT2D eigenvalue weighted by molar-refractivity contribution is -0.242. The maximum absolute atomic E-state index is 14.7. The summed E-state index contributed by atoms with van der Waals surface area (Å²) in [6.07, 6.45) is 8.55. The lowest BCUT2D eigenvalue weighted by Gasteiger charge is -2.71. The molecule has 8 atom stereocenters. The van der Waals surface area contributed by atoms with E-state index in [0.717, 1.165) is 36.8 Å². The van der Waals surface area contributed by atoms with Crippen molar-refractivity contribution in [1.29, 1.82) is 5.26 Å². The molecule has 1 aromatic rings. The van der Waals surface area contributed by atoms with Crippen LogP contribution >= 0.6 is 0 Å². The molecule has 0 heterocycles. The van der Waals surface area contributed by atoms with E-state index in [9.17, 15) is 24.8 Å². The minimum absolute atomic E-state index is 0.0266. The summed E-state index contributed by atoms with van der Waals surface area (Å²) in [7, 11) is 0. The Morgan fingerprint density at radius 2 is 1.61 bits per heavy atom. The molecule has 44 heavy (non-hydrogen) atoms. The molecule has 0 radical (unpaired) electrons. The molecule has 1 amide bonds. The van der Waals surface area contributed by atoms with Gasteiger partial charge in [0.15, 0.2) is 11.6 Å². The van der Waals surface area contributed by atoms with Crippen LogP contribution < -0.4 is 5.32 Å². The molecule has 1 aromatic carbocycles. The highest BCUT2D eigenvalue weighted by Gasteiger charge is 2.75. The Hall–Kier alpha value is -3.04. The van der Waals surface area contributed by atoms with Gasteiger partial charge in [0.25, 0.3) is 0 Å². The molecule has 6 rings (SSSR count). The number of carbonyl (C=O) groups excluding carboxylic acids is 3. The van der Waals surface area contributed by atoms with Crippen molar-refractivity contribution in [1.82, 2.24) is 5.32 Å². The zero-order valence-electron chi connectivity index (χ0n) is 27.5. The van der Waals surface area contributed by atoms with Gasteiger partial charge < -0.3 is 10.4 Å². The Morgan fingerprint density at radius 1 is 0.955 bits per heavy atom. The number of carbonyl (C=O) groups is 3. The molecule has 0 spiro atoms. The summed E-state index contributed by atoms with van der Waals surface area (Å²) >= 11 is 0. The van der Waals surface area contributed by atoms with Gasteiger partial charge in [-0.1, -0.05) is 84.9 Å². The Labute approximate surface area is 262 Å². The second-order valence-corrected chi connectivity index (χ2v) is 16.6. The van der Waals surface area contributed by atoms with Crippen molar-refractivity contribution in [3.8, 4) is 6.07 Å². The molecule has 0 saturated heterocycles. The van der Waals surface area contributed by atoms with Crippen LogP contribution in [0.5, 0.6) is 0 Å². The molecule has 3 fully saturated rings. The maximum atomic E-state index is 14.7. The molecule has 2 N–H and O–H groups in total. The number of hydrogen-bond acceptors (Lipinski definition) is 5. The minimum atomic E-state index is -1.63. The van der Waals surface area contributed by atoms with Gasteiger partial charge in [-0.15, -0.1) is 0 Å². The predicted molar refractivity (Wildman–Crippen MR) is 169 cm³/mol. The molecule has 234 valence electrons. The van der Waals surface area contributed by atoms with Gasteiger partial charge >= 0.3 is 0 Å². The maximum Gasteiger partial charge on any atom is 0.226 e. The van der Waals surface area contributed by atoms with Crippen LogP contribution in [0.1, 0.15) is 99.0 Å². The number of rotatable bonds is 3. The first-order valence-electron chi connectivity index (χ1n) is 16.4. The van der Waals surface area contributed by atoms with Gasteiger partial charge in [-0.05, 0) is 78.9 Å². The number of nitriles is 1. The van der Waals surface area contributed by atoms with Crippen molar-refractivity contribution in [2.24, 2.45) is 44.3 Å². The zero-order valence-corrected chi connectivity index (χ0v) is 27.5. The number of nitrogens with zero attached hydrogens (tertiary/aromatic N) is 1. The van der Waals surface area contributed by atoms with Crippen LogP contribution in [0.15, 0.2) is 53.6 Å². The average Bonchev–Trinajstić information content (AvgIpc) is 2.98. The van der Waals surface area contributed by atoms with Crippen molar-refractivity contribution in [3.05, 3.63) is 59.2 Å². The Bertz CT molecular complexity index is 1550. The van der Waals surface area contributed by atoms with Crippen LogP contribution in [0.4, 0.5) is 0 Å². The van der Waals surface area contributed by atoms with Crippen molar-refractivity contribution in [3.63, 3.8) is 0 Å². The first-order valence-corrected chi connectivity index (χ1v) is 16.4. The highest BCUT2D eigenvalue weighted by Crippen LogP contribution is 2.75. The SMILES string of the molecule is CC1(C(=O)NCc2ccccc2)CCC2(C)CCC3(C)C4(C)CCC5C(C)(C)C(=O)C(C#N)=CC5(C)C4=CC(=O)C3(O)C2C1. The van der Waals surface area contributed by atoms with Gasteiger partial charge in [0.05, 0.1) is 5.57 Å². The fourth-order valence-electron chi connectivity index (χ4n) is 11.0. The summed E-state index contributed by atoms with van der Waals surface area (Å²) in [6, 6.07) is 12.0. The zero-order chi connectivity index (χ0) is 32.1. The van der Waals surface area contributed by atoms with Gasteiger partial charge in [0, 0.05) is 34.1 Å². The van der Waals surface area contributed by atoms with Gasteiger partial charge in [-0.25, -0.2) is 0 Å². The summed E-state index contributed by atoms with van der Waals surface area (Å²) in [5, 5.41) is 26.2. The highest BCUT2D eigenvalue weighted by atomic mass is 16.3. The third-order valence-corrected chi connectivity index (χ3v) is 14.1. The molecule has 5 aliphatic carbocycles. The minimum Gasteiger partial charge on any atom is -0.381 e. The van der Waals surface area contributed by atoms with Crippen LogP contribution in [0, 0.1) is 55.7 Å². The molecular formula is C38H48N2O4. The number of fused-ring (bicyclic) bond motifs is 7. The van der Waals surface area contributed by atoms with Gasteiger partial charge in [-0.3, -0.25) is 14.4 Å². The quantitative estimate of drug-likeness (QED) is 0.407. The molecule has 0 aliphatic heterocycles. The monoisotopic (exact) mass is 596 g/mol. The number of ketones is 2. The normalized spacial score (nSPS) is 44.1. The molecular weight excluding hydrogens is 548 g/mol.